The van der Waals surface area contributed by atoms with Gasteiger partial charge in [-0.25, -0.2) is 12.8 Å². The van der Waals surface area contributed by atoms with Gasteiger partial charge >= 0.3 is 0 Å². The summed E-state index contributed by atoms with van der Waals surface area (Å²) in [6, 6.07) is 8.14. The molecule has 162 valence electrons. The quantitative estimate of drug-likeness (QED) is 0.756. The van der Waals surface area contributed by atoms with Crippen LogP contribution in [-0.2, 0) is 10.0 Å². The van der Waals surface area contributed by atoms with E-state index >= 15 is 0 Å². The maximum Gasteiger partial charge on any atom is 0.262 e. The van der Waals surface area contributed by atoms with E-state index in [1.807, 2.05) is 4.90 Å². The molecule has 0 bridgehead atoms. The van der Waals surface area contributed by atoms with E-state index < -0.39 is 10.0 Å². The van der Waals surface area contributed by atoms with Gasteiger partial charge in [-0.1, -0.05) is 31.4 Å². The van der Waals surface area contributed by atoms with Gasteiger partial charge in [-0.05, 0) is 36.4 Å². The Morgan fingerprint density at radius 2 is 1.73 bits per heavy atom. The van der Waals surface area contributed by atoms with Gasteiger partial charge in [0.05, 0.1) is 5.69 Å². The number of hydrogen-bond donors (Lipinski definition) is 1. The topological polar surface area (TPSA) is 69.7 Å². The predicted molar refractivity (Wildman–Crippen MR) is 116 cm³/mol. The molecule has 1 saturated carbocycles. The summed E-state index contributed by atoms with van der Waals surface area (Å²) in [6.45, 7) is 1.29. The van der Waals surface area contributed by atoms with Gasteiger partial charge in [-0.15, -0.1) is 11.3 Å². The van der Waals surface area contributed by atoms with Gasteiger partial charge < -0.3 is 10.2 Å². The Kier molecular flexibility index (Phi) is 6.40. The number of amides is 1. The highest BCUT2D eigenvalue weighted by molar-refractivity contribution is 7.89. The number of sulfonamides is 1. The lowest BCUT2D eigenvalue weighted by Gasteiger charge is -2.35. The monoisotopic (exact) mass is 451 g/mol. The molecule has 1 aliphatic carbocycles. The SMILES string of the molecule is O=C(NC1CCCCC1)c1sccc1S(=O)(=O)N1CCN(c2ccccc2F)CC1. The number of rotatable bonds is 5. The fraction of sp³-hybridized carbons (Fsp3) is 0.476. The first kappa shape index (κ1) is 21.3. The normalized spacial score (nSPS) is 19.0. The number of piperazine rings is 1. The number of para-hydroxylation sites is 1. The zero-order valence-electron chi connectivity index (χ0n) is 16.7. The molecule has 9 heteroatoms. The third-order valence-corrected chi connectivity index (χ3v) is 8.81. The van der Waals surface area contributed by atoms with Crippen LogP contribution in [-0.4, -0.2) is 50.9 Å². The van der Waals surface area contributed by atoms with E-state index in [4.69, 9.17) is 0 Å². The van der Waals surface area contributed by atoms with Crippen LogP contribution in [0.1, 0.15) is 41.8 Å². The van der Waals surface area contributed by atoms with Crippen molar-refractivity contribution in [2.24, 2.45) is 0 Å². The van der Waals surface area contributed by atoms with Crippen molar-refractivity contribution < 1.29 is 17.6 Å². The van der Waals surface area contributed by atoms with Crippen molar-refractivity contribution >= 4 is 33.0 Å². The minimum absolute atomic E-state index is 0.0696. The Morgan fingerprint density at radius 1 is 1.03 bits per heavy atom. The molecular weight excluding hydrogens is 425 g/mol. The van der Waals surface area contributed by atoms with Crippen molar-refractivity contribution in [1.82, 2.24) is 9.62 Å². The standard InChI is InChI=1S/C21H26FN3O3S2/c22-17-8-4-5-9-18(17)24-11-13-25(14-12-24)30(27,28)19-10-15-29-20(19)21(26)23-16-6-2-1-3-7-16/h4-5,8-10,15-16H,1-3,6-7,11-14H2,(H,23,26). The van der Waals surface area contributed by atoms with Crippen molar-refractivity contribution in [3.05, 3.63) is 46.4 Å². The average molecular weight is 452 g/mol. The number of nitrogens with one attached hydrogen (secondary N) is 1. The molecule has 2 heterocycles. The van der Waals surface area contributed by atoms with Crippen molar-refractivity contribution in [1.29, 1.82) is 0 Å². The minimum atomic E-state index is -3.79. The Bertz CT molecular complexity index is 994. The number of anilines is 1. The van der Waals surface area contributed by atoms with Crippen LogP contribution in [0.4, 0.5) is 10.1 Å². The molecule has 1 saturated heterocycles. The molecule has 2 aliphatic rings. The highest BCUT2D eigenvalue weighted by atomic mass is 32.2. The van der Waals surface area contributed by atoms with Crippen LogP contribution in [0.15, 0.2) is 40.6 Å². The molecule has 6 nitrogen and oxygen atoms in total. The van der Waals surface area contributed by atoms with Crippen molar-refractivity contribution in [2.75, 3.05) is 31.1 Å². The van der Waals surface area contributed by atoms with E-state index in [9.17, 15) is 17.6 Å². The Morgan fingerprint density at radius 3 is 2.43 bits per heavy atom. The molecular formula is C21H26FN3O3S2. The van der Waals surface area contributed by atoms with Crippen LogP contribution in [0, 0.1) is 5.82 Å². The first-order valence-corrected chi connectivity index (χ1v) is 12.7. The van der Waals surface area contributed by atoms with Gasteiger partial charge in [0.1, 0.15) is 15.6 Å². The molecule has 0 unspecified atom stereocenters. The third kappa shape index (κ3) is 4.38. The largest absolute Gasteiger partial charge is 0.367 e. The third-order valence-electron chi connectivity index (χ3n) is 5.83. The molecule has 1 aliphatic heterocycles. The fourth-order valence-electron chi connectivity index (χ4n) is 4.18. The lowest BCUT2D eigenvalue weighted by molar-refractivity contribution is 0.0928. The van der Waals surface area contributed by atoms with Crippen LogP contribution < -0.4 is 10.2 Å². The second-order valence-corrected chi connectivity index (χ2v) is 10.6. The lowest BCUT2D eigenvalue weighted by atomic mass is 9.95. The zero-order valence-corrected chi connectivity index (χ0v) is 18.4. The molecule has 2 aromatic rings. The van der Waals surface area contributed by atoms with E-state index in [0.717, 1.165) is 37.0 Å². The maximum absolute atomic E-state index is 14.0. The second-order valence-electron chi connectivity index (χ2n) is 7.76. The van der Waals surface area contributed by atoms with Crippen LogP contribution in [0.3, 0.4) is 0 Å². The molecule has 4 rings (SSSR count). The molecule has 30 heavy (non-hydrogen) atoms. The van der Waals surface area contributed by atoms with Gasteiger partial charge in [-0.2, -0.15) is 4.31 Å². The molecule has 0 atom stereocenters. The predicted octanol–water partition coefficient (Wildman–Crippen LogP) is 3.46. The maximum atomic E-state index is 14.0. The van der Waals surface area contributed by atoms with Crippen LogP contribution in [0.2, 0.25) is 0 Å². The van der Waals surface area contributed by atoms with Gasteiger partial charge in [0.15, 0.2) is 0 Å². The summed E-state index contributed by atoms with van der Waals surface area (Å²) in [5, 5.41) is 4.66. The number of hydrogen-bond acceptors (Lipinski definition) is 5. The first-order valence-electron chi connectivity index (χ1n) is 10.3. The van der Waals surface area contributed by atoms with Gasteiger partial charge in [0.25, 0.3) is 5.91 Å². The fourth-order valence-corrected chi connectivity index (χ4v) is 6.91. The van der Waals surface area contributed by atoms with Gasteiger partial charge in [-0.3, -0.25) is 4.79 Å². The van der Waals surface area contributed by atoms with Crippen molar-refractivity contribution in [2.45, 2.75) is 43.0 Å². The smallest absolute Gasteiger partial charge is 0.262 e. The summed E-state index contributed by atoms with van der Waals surface area (Å²) in [6.07, 6.45) is 5.25. The average Bonchev–Trinajstić information content (AvgIpc) is 3.26. The van der Waals surface area contributed by atoms with E-state index in [2.05, 4.69) is 5.32 Å². The number of nitrogens with zero attached hydrogens (tertiary/aromatic N) is 2. The zero-order chi connectivity index (χ0) is 21.1. The van der Waals surface area contributed by atoms with E-state index in [-0.39, 0.29) is 40.6 Å². The van der Waals surface area contributed by atoms with Crippen LogP contribution >= 0.6 is 11.3 Å². The summed E-state index contributed by atoms with van der Waals surface area (Å²) >= 11 is 1.16. The van der Waals surface area contributed by atoms with Crippen LogP contribution in [0.25, 0.3) is 0 Å². The number of halogens is 1. The first-order chi connectivity index (χ1) is 14.5. The number of thiophene rings is 1. The van der Waals surface area contributed by atoms with Crippen molar-refractivity contribution in [3.8, 4) is 0 Å². The Hall–Kier alpha value is -1.97. The number of benzene rings is 1. The van der Waals surface area contributed by atoms with Gasteiger partial charge in [0, 0.05) is 32.2 Å². The second kappa shape index (κ2) is 9.03. The Balaban J connectivity index is 1.45. The van der Waals surface area contributed by atoms with E-state index in [1.165, 1.54) is 22.9 Å². The highest BCUT2D eigenvalue weighted by Crippen LogP contribution is 2.28. The lowest BCUT2D eigenvalue weighted by Crippen LogP contribution is -2.49. The summed E-state index contributed by atoms with van der Waals surface area (Å²) < 4.78 is 41.9. The van der Waals surface area contributed by atoms with Crippen molar-refractivity contribution in [3.63, 3.8) is 0 Å². The number of carbonyl (C=O) groups is 1. The summed E-state index contributed by atoms with van der Waals surface area (Å²) in [5.41, 5.74) is 0.484. The summed E-state index contributed by atoms with van der Waals surface area (Å²) in [7, 11) is -3.79. The summed E-state index contributed by atoms with van der Waals surface area (Å²) in [4.78, 5) is 14.9. The minimum Gasteiger partial charge on any atom is -0.367 e. The Labute approximate surface area is 180 Å². The molecule has 1 N–H and O–H groups in total. The van der Waals surface area contributed by atoms with Gasteiger partial charge in [0.2, 0.25) is 10.0 Å². The molecule has 2 fully saturated rings. The van der Waals surface area contributed by atoms with E-state index in [0.29, 0.717) is 18.8 Å². The van der Waals surface area contributed by atoms with E-state index in [1.54, 1.807) is 23.6 Å². The molecule has 0 spiro atoms. The molecule has 1 amide bonds. The molecule has 1 aromatic heterocycles. The summed E-state index contributed by atoms with van der Waals surface area (Å²) in [5.74, 6) is -0.617. The van der Waals surface area contributed by atoms with Crippen LogP contribution in [0.5, 0.6) is 0 Å². The molecule has 1 aromatic carbocycles. The molecule has 0 radical (unpaired) electrons. The number of carbonyl (C=O) groups excluding carboxylic acids is 1. The highest BCUT2D eigenvalue weighted by Gasteiger charge is 2.33.